The molecule has 0 bridgehead atoms. The van der Waals surface area contributed by atoms with Crippen molar-refractivity contribution in [3.63, 3.8) is 0 Å². The number of hydrogen-bond acceptors (Lipinski definition) is 1. The fraction of sp³-hybridized carbons (Fsp3) is 0.250. The van der Waals surface area contributed by atoms with Crippen molar-refractivity contribution in [3.05, 3.63) is 69.9 Å². The molecule has 1 saturated carbocycles. The molecule has 19 heavy (non-hydrogen) atoms. The van der Waals surface area contributed by atoms with Crippen molar-refractivity contribution in [2.24, 2.45) is 11.7 Å². The van der Waals surface area contributed by atoms with Gasteiger partial charge in [0.15, 0.2) is 0 Å². The normalized spacial score (nSPS) is 23.1. The van der Waals surface area contributed by atoms with Crippen LogP contribution in [0.15, 0.2) is 53.0 Å². The van der Waals surface area contributed by atoms with E-state index in [0.717, 1.165) is 12.0 Å². The molecular weight excluding hydrogens is 305 g/mol. The molecule has 0 saturated heterocycles. The number of nitrogens with two attached hydrogens (primary N) is 1. The van der Waals surface area contributed by atoms with Crippen molar-refractivity contribution in [1.82, 2.24) is 0 Å². The van der Waals surface area contributed by atoms with Crippen LogP contribution in [0.25, 0.3) is 0 Å². The predicted molar refractivity (Wildman–Crippen MR) is 78.3 cm³/mol. The minimum Gasteiger partial charge on any atom is -0.324 e. The van der Waals surface area contributed by atoms with Crippen LogP contribution < -0.4 is 5.73 Å². The first kappa shape index (κ1) is 12.8. The molecule has 2 aromatic carbocycles. The summed E-state index contributed by atoms with van der Waals surface area (Å²) in [5.41, 5.74) is 8.49. The molecule has 1 aliphatic carbocycles. The number of rotatable bonds is 3. The summed E-state index contributed by atoms with van der Waals surface area (Å²) in [6.45, 7) is 0. The SMILES string of the molecule is NC(c1cccc(F)c1Br)C1CC1c1ccccc1. The summed E-state index contributed by atoms with van der Waals surface area (Å²) in [5.74, 6) is 0.664. The quantitative estimate of drug-likeness (QED) is 0.892. The molecule has 3 rings (SSSR count). The van der Waals surface area contributed by atoms with Crippen LogP contribution in [0.1, 0.15) is 29.5 Å². The van der Waals surface area contributed by atoms with Crippen LogP contribution in [0.3, 0.4) is 0 Å². The summed E-state index contributed by atoms with van der Waals surface area (Å²) in [6.07, 6.45) is 1.08. The van der Waals surface area contributed by atoms with Gasteiger partial charge in [-0.3, -0.25) is 0 Å². The Labute approximate surface area is 120 Å². The van der Waals surface area contributed by atoms with Gasteiger partial charge in [-0.15, -0.1) is 0 Å². The van der Waals surface area contributed by atoms with Gasteiger partial charge in [-0.2, -0.15) is 0 Å². The van der Waals surface area contributed by atoms with Gasteiger partial charge in [-0.05, 0) is 51.4 Å². The maximum absolute atomic E-state index is 13.5. The van der Waals surface area contributed by atoms with E-state index in [1.807, 2.05) is 24.3 Å². The molecule has 2 N–H and O–H groups in total. The molecule has 0 aliphatic heterocycles. The highest BCUT2D eigenvalue weighted by Gasteiger charge is 2.43. The average Bonchev–Trinajstić information content (AvgIpc) is 3.22. The van der Waals surface area contributed by atoms with Crippen LogP contribution in [0, 0.1) is 11.7 Å². The van der Waals surface area contributed by atoms with Crippen LogP contribution in [-0.2, 0) is 0 Å². The van der Waals surface area contributed by atoms with Crippen LogP contribution >= 0.6 is 15.9 Å². The first-order valence-corrected chi connectivity index (χ1v) is 7.22. The maximum atomic E-state index is 13.5. The van der Waals surface area contributed by atoms with Crippen molar-refractivity contribution in [1.29, 1.82) is 0 Å². The molecule has 0 heterocycles. The van der Waals surface area contributed by atoms with E-state index in [0.29, 0.717) is 16.3 Å². The molecule has 3 unspecified atom stereocenters. The van der Waals surface area contributed by atoms with Crippen molar-refractivity contribution in [3.8, 4) is 0 Å². The van der Waals surface area contributed by atoms with Gasteiger partial charge in [0.05, 0.1) is 4.47 Å². The molecule has 1 aliphatic rings. The summed E-state index contributed by atoms with van der Waals surface area (Å²) in [5, 5.41) is 0. The number of benzene rings is 2. The monoisotopic (exact) mass is 319 g/mol. The Balaban J connectivity index is 1.80. The molecule has 0 spiro atoms. The second-order valence-electron chi connectivity index (χ2n) is 5.09. The lowest BCUT2D eigenvalue weighted by Crippen LogP contribution is -2.14. The number of halogens is 2. The second kappa shape index (κ2) is 5.06. The smallest absolute Gasteiger partial charge is 0.137 e. The van der Waals surface area contributed by atoms with E-state index < -0.39 is 0 Å². The van der Waals surface area contributed by atoms with Gasteiger partial charge in [-0.25, -0.2) is 4.39 Å². The molecule has 0 amide bonds. The van der Waals surface area contributed by atoms with Crippen molar-refractivity contribution >= 4 is 15.9 Å². The van der Waals surface area contributed by atoms with Crippen LogP contribution in [0.5, 0.6) is 0 Å². The maximum Gasteiger partial charge on any atom is 0.137 e. The van der Waals surface area contributed by atoms with Crippen molar-refractivity contribution in [2.45, 2.75) is 18.4 Å². The first-order chi connectivity index (χ1) is 9.18. The van der Waals surface area contributed by atoms with Crippen LogP contribution in [0.4, 0.5) is 4.39 Å². The fourth-order valence-corrected chi connectivity index (χ4v) is 3.23. The summed E-state index contributed by atoms with van der Waals surface area (Å²) >= 11 is 3.30. The first-order valence-electron chi connectivity index (χ1n) is 6.43. The molecular formula is C16H15BrFN. The summed E-state index contributed by atoms with van der Waals surface area (Å²) in [4.78, 5) is 0. The van der Waals surface area contributed by atoms with E-state index in [1.54, 1.807) is 6.07 Å². The zero-order valence-electron chi connectivity index (χ0n) is 10.4. The third kappa shape index (κ3) is 2.45. The molecule has 3 heteroatoms. The lowest BCUT2D eigenvalue weighted by molar-refractivity contribution is 0.586. The lowest BCUT2D eigenvalue weighted by atomic mass is 9.99. The van der Waals surface area contributed by atoms with Gasteiger partial charge in [0.2, 0.25) is 0 Å². The Morgan fingerprint density at radius 3 is 2.58 bits per heavy atom. The summed E-state index contributed by atoms with van der Waals surface area (Å²) in [7, 11) is 0. The molecule has 3 atom stereocenters. The third-order valence-electron chi connectivity index (χ3n) is 3.87. The van der Waals surface area contributed by atoms with Gasteiger partial charge >= 0.3 is 0 Å². The minimum absolute atomic E-state index is 0.115. The van der Waals surface area contributed by atoms with E-state index >= 15 is 0 Å². The highest BCUT2D eigenvalue weighted by molar-refractivity contribution is 9.10. The minimum atomic E-state index is -0.245. The molecule has 98 valence electrons. The molecule has 0 radical (unpaired) electrons. The van der Waals surface area contributed by atoms with E-state index in [-0.39, 0.29) is 11.9 Å². The zero-order valence-corrected chi connectivity index (χ0v) is 12.0. The van der Waals surface area contributed by atoms with Crippen molar-refractivity contribution in [2.75, 3.05) is 0 Å². The van der Waals surface area contributed by atoms with E-state index in [2.05, 4.69) is 28.1 Å². The Morgan fingerprint density at radius 1 is 1.11 bits per heavy atom. The van der Waals surface area contributed by atoms with E-state index in [4.69, 9.17) is 5.73 Å². The molecule has 2 aromatic rings. The van der Waals surface area contributed by atoms with E-state index in [9.17, 15) is 4.39 Å². The fourth-order valence-electron chi connectivity index (χ4n) is 2.70. The average molecular weight is 320 g/mol. The Hall–Kier alpha value is -1.19. The Bertz CT molecular complexity index is 585. The van der Waals surface area contributed by atoms with Gasteiger partial charge in [0, 0.05) is 6.04 Å². The van der Waals surface area contributed by atoms with Crippen LogP contribution in [0.2, 0.25) is 0 Å². The largest absolute Gasteiger partial charge is 0.324 e. The standard InChI is InChI=1S/C16H15BrFN/c17-15-11(7-4-8-14(15)18)16(19)13-9-12(13)10-5-2-1-3-6-10/h1-8,12-13,16H,9,19H2. The van der Waals surface area contributed by atoms with Gasteiger partial charge in [0.25, 0.3) is 0 Å². The van der Waals surface area contributed by atoms with Gasteiger partial charge in [-0.1, -0.05) is 42.5 Å². The molecule has 0 aromatic heterocycles. The van der Waals surface area contributed by atoms with Gasteiger partial charge in [0.1, 0.15) is 5.82 Å². The van der Waals surface area contributed by atoms with Gasteiger partial charge < -0.3 is 5.73 Å². The topological polar surface area (TPSA) is 26.0 Å². The van der Waals surface area contributed by atoms with Crippen molar-refractivity contribution < 1.29 is 4.39 Å². The summed E-state index contributed by atoms with van der Waals surface area (Å²) in [6, 6.07) is 15.3. The number of hydrogen-bond donors (Lipinski definition) is 1. The second-order valence-corrected chi connectivity index (χ2v) is 5.88. The third-order valence-corrected chi connectivity index (χ3v) is 4.71. The predicted octanol–water partition coefficient (Wildman–Crippen LogP) is 4.39. The molecule has 1 nitrogen and oxygen atoms in total. The Kier molecular flexibility index (Phi) is 3.42. The highest BCUT2D eigenvalue weighted by Crippen LogP contribution is 2.53. The Morgan fingerprint density at radius 2 is 1.84 bits per heavy atom. The highest BCUT2D eigenvalue weighted by atomic mass is 79.9. The molecule has 1 fully saturated rings. The van der Waals surface area contributed by atoms with Crippen LogP contribution in [-0.4, -0.2) is 0 Å². The zero-order chi connectivity index (χ0) is 13.4. The summed E-state index contributed by atoms with van der Waals surface area (Å²) < 4.78 is 14.0. The lowest BCUT2D eigenvalue weighted by Gasteiger charge is -2.14. The van der Waals surface area contributed by atoms with E-state index in [1.165, 1.54) is 11.6 Å².